The Morgan fingerprint density at radius 3 is 2.81 bits per heavy atom. The van der Waals surface area contributed by atoms with Crippen LogP contribution in [0.5, 0.6) is 5.75 Å². The molecule has 118 valence electrons. The van der Waals surface area contributed by atoms with Crippen LogP contribution in [0.2, 0.25) is 5.02 Å². The van der Waals surface area contributed by atoms with Gasteiger partial charge in [-0.25, -0.2) is 8.42 Å². The highest BCUT2D eigenvalue weighted by atomic mass is 35.5. The monoisotopic (exact) mass is 350 g/mol. The molecule has 0 spiro atoms. The lowest BCUT2D eigenvalue weighted by atomic mass is 10.2. The van der Waals surface area contributed by atoms with Gasteiger partial charge in [0.2, 0.25) is 10.0 Å². The third-order valence-corrected chi connectivity index (χ3v) is 6.49. The van der Waals surface area contributed by atoms with E-state index in [9.17, 15) is 8.42 Å². The van der Waals surface area contributed by atoms with Crippen LogP contribution in [0.25, 0.3) is 0 Å². The van der Waals surface area contributed by atoms with Crippen LogP contribution < -0.4 is 10.5 Å². The van der Waals surface area contributed by atoms with E-state index in [0.717, 1.165) is 17.9 Å². The molecule has 0 amide bonds. The average Bonchev–Trinajstić information content (AvgIpc) is 2.75. The van der Waals surface area contributed by atoms with Crippen molar-refractivity contribution in [2.75, 3.05) is 31.7 Å². The Morgan fingerprint density at radius 2 is 2.14 bits per heavy atom. The molecule has 1 aliphatic heterocycles. The quantitative estimate of drug-likeness (QED) is 0.898. The molecular weight excluding hydrogens is 332 g/mol. The molecule has 1 heterocycles. The molecule has 1 aromatic carbocycles. The summed E-state index contributed by atoms with van der Waals surface area (Å²) in [5.41, 5.74) is 6.25. The van der Waals surface area contributed by atoms with Gasteiger partial charge >= 0.3 is 0 Å². The average molecular weight is 351 g/mol. The number of nitrogens with two attached hydrogens (primary N) is 1. The van der Waals surface area contributed by atoms with Crippen LogP contribution in [0, 0.1) is 0 Å². The normalized spacial score (nSPS) is 17.5. The topological polar surface area (TPSA) is 72.6 Å². The second-order valence-corrected chi connectivity index (χ2v) is 8.24. The molecule has 0 unspecified atom stereocenters. The summed E-state index contributed by atoms with van der Waals surface area (Å²) in [7, 11) is -2.18. The maximum atomic E-state index is 12.9. The second-order valence-electron chi connectivity index (χ2n) is 4.67. The number of benzene rings is 1. The zero-order valence-corrected chi connectivity index (χ0v) is 14.2. The summed E-state index contributed by atoms with van der Waals surface area (Å²) >= 11 is 7.80. The molecule has 0 aliphatic carbocycles. The van der Waals surface area contributed by atoms with Crippen LogP contribution in [-0.4, -0.2) is 44.4 Å². The van der Waals surface area contributed by atoms with Crippen LogP contribution in [0.4, 0.5) is 0 Å². The summed E-state index contributed by atoms with van der Waals surface area (Å²) in [6.07, 6.45) is 0.844. The number of halogens is 1. The lowest BCUT2D eigenvalue weighted by molar-refractivity contribution is 0.389. The second kappa shape index (κ2) is 7.19. The molecule has 2 N–H and O–H groups in total. The number of hydrogen-bond acceptors (Lipinski definition) is 5. The zero-order valence-electron chi connectivity index (χ0n) is 11.8. The van der Waals surface area contributed by atoms with Gasteiger partial charge in [-0.05, 0) is 24.3 Å². The van der Waals surface area contributed by atoms with Crippen molar-refractivity contribution in [3.8, 4) is 5.75 Å². The van der Waals surface area contributed by atoms with Gasteiger partial charge in [-0.3, -0.25) is 0 Å². The molecule has 0 atom stereocenters. The van der Waals surface area contributed by atoms with Crippen molar-refractivity contribution in [3.05, 3.63) is 22.7 Å². The molecule has 0 aromatic heterocycles. The molecule has 21 heavy (non-hydrogen) atoms. The Hall–Kier alpha value is -0.470. The Balaban J connectivity index is 2.50. The SMILES string of the molecule is COc1c(CN)cc(Cl)cc1S(=O)(=O)N1CCCSCC1. The summed E-state index contributed by atoms with van der Waals surface area (Å²) in [6, 6.07) is 3.07. The molecule has 1 fully saturated rings. The summed E-state index contributed by atoms with van der Waals surface area (Å²) < 4.78 is 32.5. The number of methoxy groups -OCH3 is 1. The third kappa shape index (κ3) is 3.65. The highest BCUT2D eigenvalue weighted by molar-refractivity contribution is 7.99. The Labute approximate surface area is 134 Å². The van der Waals surface area contributed by atoms with Crippen LogP contribution >= 0.6 is 23.4 Å². The lowest BCUT2D eigenvalue weighted by Crippen LogP contribution is -2.33. The van der Waals surface area contributed by atoms with E-state index in [0.29, 0.717) is 29.4 Å². The fourth-order valence-corrected chi connectivity index (χ4v) is 5.31. The number of nitrogens with zero attached hydrogens (tertiary/aromatic N) is 1. The fraction of sp³-hybridized carbons (Fsp3) is 0.538. The van der Waals surface area contributed by atoms with Gasteiger partial charge in [-0.15, -0.1) is 0 Å². The van der Waals surface area contributed by atoms with Crippen molar-refractivity contribution in [3.63, 3.8) is 0 Å². The van der Waals surface area contributed by atoms with E-state index in [1.54, 1.807) is 17.8 Å². The predicted molar refractivity (Wildman–Crippen MR) is 86.6 cm³/mol. The van der Waals surface area contributed by atoms with Crippen LogP contribution in [0.15, 0.2) is 17.0 Å². The Morgan fingerprint density at radius 1 is 1.38 bits per heavy atom. The number of hydrogen-bond donors (Lipinski definition) is 1. The highest BCUT2D eigenvalue weighted by Gasteiger charge is 2.29. The van der Waals surface area contributed by atoms with Crippen LogP contribution in [-0.2, 0) is 16.6 Å². The summed E-state index contributed by atoms with van der Waals surface area (Å²) in [5.74, 6) is 2.07. The molecule has 0 saturated carbocycles. The highest BCUT2D eigenvalue weighted by Crippen LogP contribution is 2.34. The molecule has 1 saturated heterocycles. The van der Waals surface area contributed by atoms with Gasteiger partial charge < -0.3 is 10.5 Å². The Bertz CT molecular complexity index is 600. The van der Waals surface area contributed by atoms with Gasteiger partial charge in [0.15, 0.2) is 0 Å². The molecule has 2 rings (SSSR count). The number of rotatable bonds is 4. The standard InChI is InChI=1S/C13H19ClN2O3S2/c1-19-13-10(9-15)7-11(14)8-12(13)21(17,18)16-3-2-5-20-6-4-16/h7-8H,2-6,9,15H2,1H3. The first-order valence-electron chi connectivity index (χ1n) is 6.65. The minimum atomic E-state index is -3.63. The number of sulfonamides is 1. The van der Waals surface area contributed by atoms with E-state index in [4.69, 9.17) is 22.1 Å². The van der Waals surface area contributed by atoms with Gasteiger partial charge in [-0.2, -0.15) is 16.1 Å². The molecule has 1 aliphatic rings. The van der Waals surface area contributed by atoms with Gasteiger partial charge in [0.1, 0.15) is 10.6 Å². The van der Waals surface area contributed by atoms with Crippen molar-refractivity contribution in [1.82, 2.24) is 4.31 Å². The van der Waals surface area contributed by atoms with Crippen molar-refractivity contribution < 1.29 is 13.2 Å². The van der Waals surface area contributed by atoms with E-state index in [1.165, 1.54) is 17.5 Å². The van der Waals surface area contributed by atoms with Gasteiger partial charge in [0.25, 0.3) is 0 Å². The number of ether oxygens (including phenoxy) is 1. The van der Waals surface area contributed by atoms with E-state index < -0.39 is 10.0 Å². The van der Waals surface area contributed by atoms with E-state index in [2.05, 4.69) is 0 Å². The summed E-state index contributed by atoms with van der Waals surface area (Å²) in [6.45, 7) is 1.19. The minimum absolute atomic E-state index is 0.102. The van der Waals surface area contributed by atoms with E-state index in [-0.39, 0.29) is 11.4 Å². The fourth-order valence-electron chi connectivity index (χ4n) is 2.30. The predicted octanol–water partition coefficient (Wildman–Crippen LogP) is 1.93. The van der Waals surface area contributed by atoms with Crippen LogP contribution in [0.1, 0.15) is 12.0 Å². The molecule has 0 bridgehead atoms. The van der Waals surface area contributed by atoms with Crippen molar-refractivity contribution in [2.24, 2.45) is 5.73 Å². The van der Waals surface area contributed by atoms with Gasteiger partial charge in [0, 0.05) is 36.0 Å². The molecular formula is C13H19ClN2O3S2. The minimum Gasteiger partial charge on any atom is -0.495 e. The van der Waals surface area contributed by atoms with Crippen LogP contribution in [0.3, 0.4) is 0 Å². The maximum Gasteiger partial charge on any atom is 0.246 e. The summed E-state index contributed by atoms with van der Waals surface area (Å²) in [4.78, 5) is 0.102. The Kier molecular flexibility index (Phi) is 5.79. The first-order valence-corrected chi connectivity index (χ1v) is 9.62. The zero-order chi connectivity index (χ0) is 15.5. The first-order chi connectivity index (χ1) is 10.0. The summed E-state index contributed by atoms with van der Waals surface area (Å²) in [5, 5.41) is 0.346. The van der Waals surface area contributed by atoms with E-state index >= 15 is 0 Å². The number of thioether (sulfide) groups is 1. The first kappa shape index (κ1) is 16.9. The van der Waals surface area contributed by atoms with Crippen molar-refractivity contribution in [1.29, 1.82) is 0 Å². The maximum absolute atomic E-state index is 12.9. The largest absolute Gasteiger partial charge is 0.495 e. The van der Waals surface area contributed by atoms with Crippen molar-refractivity contribution >= 4 is 33.4 Å². The smallest absolute Gasteiger partial charge is 0.246 e. The van der Waals surface area contributed by atoms with E-state index in [1.807, 2.05) is 0 Å². The molecule has 5 nitrogen and oxygen atoms in total. The third-order valence-electron chi connectivity index (χ3n) is 3.32. The molecule has 8 heteroatoms. The lowest BCUT2D eigenvalue weighted by Gasteiger charge is -2.22. The van der Waals surface area contributed by atoms with Gasteiger partial charge in [-0.1, -0.05) is 11.6 Å². The molecule has 0 radical (unpaired) electrons. The van der Waals surface area contributed by atoms with Gasteiger partial charge in [0.05, 0.1) is 7.11 Å². The van der Waals surface area contributed by atoms with Crippen molar-refractivity contribution in [2.45, 2.75) is 17.9 Å². The molecule has 1 aromatic rings.